The van der Waals surface area contributed by atoms with Crippen molar-refractivity contribution in [2.24, 2.45) is 0 Å². The zero-order valence-electron chi connectivity index (χ0n) is 7.40. The molecule has 0 saturated carbocycles. The summed E-state index contributed by atoms with van der Waals surface area (Å²) in [7, 11) is 3.00. The molecule has 0 amide bonds. The summed E-state index contributed by atoms with van der Waals surface area (Å²) >= 11 is 4.12. The Balaban J connectivity index is 3.33. The van der Waals surface area contributed by atoms with Gasteiger partial charge in [-0.1, -0.05) is 0 Å². The SMILES string of the molecule is COc1cc(S)cc(C=O)c1OC. The molecule has 0 aliphatic heterocycles. The highest BCUT2D eigenvalue weighted by Gasteiger charge is 2.09. The van der Waals surface area contributed by atoms with Crippen molar-refractivity contribution in [3.8, 4) is 11.5 Å². The van der Waals surface area contributed by atoms with Gasteiger partial charge in [-0.2, -0.15) is 0 Å². The van der Waals surface area contributed by atoms with Crippen molar-refractivity contribution in [2.45, 2.75) is 4.90 Å². The van der Waals surface area contributed by atoms with Gasteiger partial charge in [-0.05, 0) is 12.1 Å². The van der Waals surface area contributed by atoms with Crippen molar-refractivity contribution in [1.82, 2.24) is 0 Å². The topological polar surface area (TPSA) is 35.5 Å². The van der Waals surface area contributed by atoms with Crippen LogP contribution < -0.4 is 9.47 Å². The summed E-state index contributed by atoms with van der Waals surface area (Å²) in [5, 5.41) is 0. The zero-order chi connectivity index (χ0) is 9.84. The molecular formula is C9H10O3S. The van der Waals surface area contributed by atoms with Crippen LogP contribution in [-0.2, 0) is 0 Å². The van der Waals surface area contributed by atoms with Crippen LogP contribution in [0.25, 0.3) is 0 Å². The van der Waals surface area contributed by atoms with E-state index in [4.69, 9.17) is 9.47 Å². The number of hydrogen-bond donors (Lipinski definition) is 1. The first kappa shape index (κ1) is 9.92. The molecule has 4 heteroatoms. The lowest BCUT2D eigenvalue weighted by molar-refractivity contribution is 0.111. The summed E-state index contributed by atoms with van der Waals surface area (Å²) < 4.78 is 10.0. The van der Waals surface area contributed by atoms with Gasteiger partial charge in [0.2, 0.25) is 0 Å². The maximum absolute atomic E-state index is 10.6. The molecule has 1 rings (SSSR count). The van der Waals surface area contributed by atoms with Gasteiger partial charge in [0.15, 0.2) is 17.8 Å². The Morgan fingerprint density at radius 3 is 2.46 bits per heavy atom. The number of rotatable bonds is 3. The van der Waals surface area contributed by atoms with Crippen LogP contribution in [0.5, 0.6) is 11.5 Å². The maximum Gasteiger partial charge on any atom is 0.171 e. The van der Waals surface area contributed by atoms with Crippen LogP contribution in [0.1, 0.15) is 10.4 Å². The second kappa shape index (κ2) is 4.18. The van der Waals surface area contributed by atoms with Crippen molar-refractivity contribution in [3.63, 3.8) is 0 Å². The van der Waals surface area contributed by atoms with E-state index in [0.29, 0.717) is 28.2 Å². The van der Waals surface area contributed by atoms with Gasteiger partial charge in [0.05, 0.1) is 19.8 Å². The van der Waals surface area contributed by atoms with E-state index in [2.05, 4.69) is 12.6 Å². The third-order valence-corrected chi connectivity index (χ3v) is 1.88. The Bertz CT molecular complexity index is 323. The number of benzene rings is 1. The second-order valence-corrected chi connectivity index (χ2v) is 2.90. The number of aldehydes is 1. The zero-order valence-corrected chi connectivity index (χ0v) is 8.30. The number of carbonyl (C=O) groups is 1. The first-order chi connectivity index (χ1) is 6.22. The van der Waals surface area contributed by atoms with Crippen LogP contribution in [0.3, 0.4) is 0 Å². The predicted molar refractivity (Wildman–Crippen MR) is 52.2 cm³/mol. The van der Waals surface area contributed by atoms with Gasteiger partial charge in [-0.25, -0.2) is 0 Å². The Morgan fingerprint density at radius 1 is 1.31 bits per heavy atom. The third kappa shape index (κ3) is 1.95. The van der Waals surface area contributed by atoms with E-state index in [0.717, 1.165) is 0 Å². The van der Waals surface area contributed by atoms with Crippen LogP contribution in [0, 0.1) is 0 Å². The van der Waals surface area contributed by atoms with E-state index in [1.54, 1.807) is 12.1 Å². The van der Waals surface area contributed by atoms with Crippen LogP contribution in [0.15, 0.2) is 17.0 Å². The number of ether oxygens (including phenoxy) is 2. The summed E-state index contributed by atoms with van der Waals surface area (Å²) in [4.78, 5) is 11.3. The number of hydrogen-bond acceptors (Lipinski definition) is 4. The molecular weight excluding hydrogens is 188 g/mol. The average molecular weight is 198 g/mol. The normalized spacial score (nSPS) is 9.46. The highest BCUT2D eigenvalue weighted by atomic mass is 32.1. The Morgan fingerprint density at radius 2 is 2.00 bits per heavy atom. The van der Waals surface area contributed by atoms with Crippen molar-refractivity contribution in [1.29, 1.82) is 0 Å². The Labute approximate surface area is 82.1 Å². The second-order valence-electron chi connectivity index (χ2n) is 2.39. The molecule has 13 heavy (non-hydrogen) atoms. The van der Waals surface area contributed by atoms with Crippen LogP contribution in [0.2, 0.25) is 0 Å². The molecule has 1 aromatic rings. The fourth-order valence-electron chi connectivity index (χ4n) is 1.07. The molecule has 0 unspecified atom stereocenters. The Hall–Kier alpha value is -1.16. The molecule has 0 heterocycles. The Kier molecular flexibility index (Phi) is 3.19. The molecule has 0 N–H and O–H groups in total. The van der Waals surface area contributed by atoms with Gasteiger partial charge in [0, 0.05) is 4.90 Å². The smallest absolute Gasteiger partial charge is 0.171 e. The molecule has 3 nitrogen and oxygen atoms in total. The van der Waals surface area contributed by atoms with Crippen LogP contribution in [-0.4, -0.2) is 20.5 Å². The molecule has 0 bridgehead atoms. The monoisotopic (exact) mass is 198 g/mol. The van der Waals surface area contributed by atoms with Gasteiger partial charge in [0.1, 0.15) is 0 Å². The standard InChI is InChI=1S/C9H10O3S/c1-11-8-4-7(13)3-6(5-10)9(8)12-2/h3-5,13H,1-2H3. The third-order valence-electron chi connectivity index (χ3n) is 1.62. The molecule has 0 fully saturated rings. The minimum atomic E-state index is 0.437. The molecule has 70 valence electrons. The van der Waals surface area contributed by atoms with Crippen LogP contribution in [0.4, 0.5) is 0 Å². The minimum absolute atomic E-state index is 0.437. The van der Waals surface area contributed by atoms with Gasteiger partial charge in [-0.15, -0.1) is 12.6 Å². The van der Waals surface area contributed by atoms with Crippen molar-refractivity contribution in [2.75, 3.05) is 14.2 Å². The lowest BCUT2D eigenvalue weighted by Crippen LogP contribution is -1.95. The summed E-state index contributed by atoms with van der Waals surface area (Å²) in [6, 6.07) is 3.31. The molecule has 0 saturated heterocycles. The largest absolute Gasteiger partial charge is 0.493 e. The molecule has 0 aliphatic rings. The number of carbonyl (C=O) groups excluding carboxylic acids is 1. The lowest BCUT2D eigenvalue weighted by atomic mass is 10.2. The predicted octanol–water partition coefficient (Wildman–Crippen LogP) is 1.80. The molecule has 0 aromatic heterocycles. The molecule has 0 atom stereocenters. The van der Waals surface area contributed by atoms with E-state index in [1.807, 2.05) is 0 Å². The molecule has 0 aliphatic carbocycles. The summed E-state index contributed by atoms with van der Waals surface area (Å²) in [5.41, 5.74) is 0.437. The molecule has 0 spiro atoms. The lowest BCUT2D eigenvalue weighted by Gasteiger charge is -2.09. The van der Waals surface area contributed by atoms with Crippen molar-refractivity contribution in [3.05, 3.63) is 17.7 Å². The van der Waals surface area contributed by atoms with E-state index >= 15 is 0 Å². The summed E-state index contributed by atoms with van der Waals surface area (Å²) in [6.07, 6.45) is 0.709. The highest BCUT2D eigenvalue weighted by Crippen LogP contribution is 2.32. The molecule has 1 aromatic carbocycles. The van der Waals surface area contributed by atoms with E-state index in [-0.39, 0.29) is 0 Å². The van der Waals surface area contributed by atoms with E-state index in [9.17, 15) is 4.79 Å². The summed E-state index contributed by atoms with van der Waals surface area (Å²) in [6.45, 7) is 0. The van der Waals surface area contributed by atoms with Crippen molar-refractivity contribution < 1.29 is 14.3 Å². The number of methoxy groups -OCH3 is 2. The van der Waals surface area contributed by atoms with E-state index in [1.165, 1.54) is 14.2 Å². The minimum Gasteiger partial charge on any atom is -0.493 e. The highest BCUT2D eigenvalue weighted by molar-refractivity contribution is 7.80. The van der Waals surface area contributed by atoms with Gasteiger partial charge in [-0.3, -0.25) is 4.79 Å². The first-order valence-electron chi connectivity index (χ1n) is 3.63. The van der Waals surface area contributed by atoms with Gasteiger partial charge >= 0.3 is 0 Å². The van der Waals surface area contributed by atoms with Crippen molar-refractivity contribution >= 4 is 18.9 Å². The fraction of sp³-hybridized carbons (Fsp3) is 0.222. The fourth-order valence-corrected chi connectivity index (χ4v) is 1.32. The first-order valence-corrected chi connectivity index (χ1v) is 4.07. The van der Waals surface area contributed by atoms with Gasteiger partial charge in [0.25, 0.3) is 0 Å². The molecule has 0 radical (unpaired) electrons. The van der Waals surface area contributed by atoms with Crippen LogP contribution >= 0.6 is 12.6 Å². The number of thiol groups is 1. The quantitative estimate of drug-likeness (QED) is 0.594. The summed E-state index contributed by atoms with van der Waals surface area (Å²) in [5.74, 6) is 0.951. The average Bonchev–Trinajstić information content (AvgIpc) is 2.16. The maximum atomic E-state index is 10.6. The van der Waals surface area contributed by atoms with Gasteiger partial charge < -0.3 is 9.47 Å². The van der Waals surface area contributed by atoms with E-state index < -0.39 is 0 Å².